The van der Waals surface area contributed by atoms with E-state index in [1.165, 1.54) is 0 Å². The monoisotopic (exact) mass is 381 g/mol. The van der Waals surface area contributed by atoms with Crippen molar-refractivity contribution in [2.24, 2.45) is 0 Å². The number of carboxylic acids is 1. The fourth-order valence-electron chi connectivity index (χ4n) is 2.26. The van der Waals surface area contributed by atoms with E-state index in [-0.39, 0.29) is 17.7 Å². The zero-order valence-corrected chi connectivity index (χ0v) is 14.5. The molecule has 2 aromatic rings. The van der Waals surface area contributed by atoms with Gasteiger partial charge in [0.2, 0.25) is 5.91 Å². The summed E-state index contributed by atoms with van der Waals surface area (Å²) in [5.74, 6) is -3.58. The van der Waals surface area contributed by atoms with Crippen molar-refractivity contribution in [2.45, 2.75) is 23.8 Å². The number of amides is 1. The van der Waals surface area contributed by atoms with E-state index in [2.05, 4.69) is 5.32 Å². The van der Waals surface area contributed by atoms with Crippen LogP contribution >= 0.6 is 0 Å². The average Bonchev–Trinajstić information content (AvgIpc) is 2.61. The van der Waals surface area contributed by atoms with Gasteiger partial charge in [-0.1, -0.05) is 24.3 Å². The lowest BCUT2D eigenvalue weighted by molar-refractivity contribution is -0.141. The van der Waals surface area contributed by atoms with Gasteiger partial charge in [0.05, 0.1) is 17.2 Å². The SMILES string of the molecule is O=C(Cc1ccc(F)cc1F)N[C@@H](CC[S@@](=O)c1ccccc1)C(=O)O. The Bertz CT molecular complexity index is 814. The molecule has 1 amide bonds. The van der Waals surface area contributed by atoms with Crippen LogP contribution in [0.25, 0.3) is 0 Å². The average molecular weight is 381 g/mol. The van der Waals surface area contributed by atoms with Gasteiger partial charge < -0.3 is 10.4 Å². The van der Waals surface area contributed by atoms with Crippen LogP contribution in [0.4, 0.5) is 8.78 Å². The molecule has 0 saturated heterocycles. The lowest BCUT2D eigenvalue weighted by Crippen LogP contribution is -2.42. The highest BCUT2D eigenvalue weighted by Gasteiger charge is 2.21. The van der Waals surface area contributed by atoms with Crippen LogP contribution < -0.4 is 5.32 Å². The maximum Gasteiger partial charge on any atom is 0.326 e. The topological polar surface area (TPSA) is 83.5 Å². The lowest BCUT2D eigenvalue weighted by atomic mass is 10.1. The van der Waals surface area contributed by atoms with Gasteiger partial charge in [-0.3, -0.25) is 9.00 Å². The molecule has 0 heterocycles. The maximum atomic E-state index is 13.6. The second kappa shape index (κ2) is 9.19. The fraction of sp³-hybridized carbons (Fsp3) is 0.222. The van der Waals surface area contributed by atoms with Gasteiger partial charge in [0.1, 0.15) is 17.7 Å². The van der Waals surface area contributed by atoms with Gasteiger partial charge in [0, 0.05) is 16.7 Å². The normalized spacial score (nSPS) is 13.0. The minimum atomic E-state index is -1.40. The first-order valence-electron chi connectivity index (χ1n) is 7.76. The van der Waals surface area contributed by atoms with E-state index in [1.54, 1.807) is 30.3 Å². The number of aliphatic carboxylic acids is 1. The van der Waals surface area contributed by atoms with Gasteiger partial charge in [-0.25, -0.2) is 13.6 Å². The zero-order chi connectivity index (χ0) is 19.1. The number of hydrogen-bond acceptors (Lipinski definition) is 3. The summed E-state index contributed by atoms with van der Waals surface area (Å²) in [6.07, 6.45) is -0.466. The first-order valence-corrected chi connectivity index (χ1v) is 9.08. The zero-order valence-electron chi connectivity index (χ0n) is 13.7. The van der Waals surface area contributed by atoms with Crippen molar-refractivity contribution >= 4 is 22.7 Å². The number of carbonyl (C=O) groups excluding carboxylic acids is 1. The summed E-state index contributed by atoms with van der Waals surface area (Å²) >= 11 is 0. The quantitative estimate of drug-likeness (QED) is 0.735. The smallest absolute Gasteiger partial charge is 0.326 e. The Balaban J connectivity index is 1.93. The number of benzene rings is 2. The first kappa shape index (κ1) is 19.7. The molecule has 0 spiro atoms. The second-order valence-corrected chi connectivity index (χ2v) is 7.09. The summed E-state index contributed by atoms with van der Waals surface area (Å²) in [5.41, 5.74) is -0.0408. The van der Waals surface area contributed by atoms with Gasteiger partial charge in [-0.05, 0) is 30.2 Å². The van der Waals surface area contributed by atoms with E-state index in [0.29, 0.717) is 11.0 Å². The molecule has 0 unspecified atom stereocenters. The lowest BCUT2D eigenvalue weighted by Gasteiger charge is -2.14. The van der Waals surface area contributed by atoms with Crippen molar-refractivity contribution in [2.75, 3.05) is 5.75 Å². The summed E-state index contributed by atoms with van der Waals surface area (Å²) in [6, 6.07) is 10.1. The molecule has 2 rings (SSSR count). The van der Waals surface area contributed by atoms with Crippen molar-refractivity contribution < 1.29 is 27.7 Å². The van der Waals surface area contributed by atoms with Crippen molar-refractivity contribution in [1.29, 1.82) is 0 Å². The number of carbonyl (C=O) groups is 2. The van der Waals surface area contributed by atoms with Crippen molar-refractivity contribution in [3.63, 3.8) is 0 Å². The third-order valence-corrected chi connectivity index (χ3v) is 5.00. The Kier molecular flexibility index (Phi) is 6.97. The molecule has 0 radical (unpaired) electrons. The van der Waals surface area contributed by atoms with E-state index in [0.717, 1.165) is 12.1 Å². The summed E-state index contributed by atoms with van der Waals surface area (Å²) in [5, 5.41) is 11.5. The first-order chi connectivity index (χ1) is 12.4. The molecular formula is C18H17F2NO4S. The van der Waals surface area contributed by atoms with Gasteiger partial charge in [0.25, 0.3) is 0 Å². The van der Waals surface area contributed by atoms with Crippen LogP contribution in [-0.4, -0.2) is 33.0 Å². The summed E-state index contributed by atoms with van der Waals surface area (Å²) in [7, 11) is -1.40. The van der Waals surface area contributed by atoms with Crippen LogP contribution in [-0.2, 0) is 26.8 Å². The number of hydrogen-bond donors (Lipinski definition) is 2. The molecule has 0 fully saturated rings. The molecule has 2 aromatic carbocycles. The Morgan fingerprint density at radius 1 is 1.12 bits per heavy atom. The molecule has 0 saturated carbocycles. The van der Waals surface area contributed by atoms with Gasteiger partial charge >= 0.3 is 5.97 Å². The van der Waals surface area contributed by atoms with Crippen LogP contribution in [0.3, 0.4) is 0 Å². The van der Waals surface area contributed by atoms with E-state index in [4.69, 9.17) is 0 Å². The Labute approximate surface area is 151 Å². The molecule has 26 heavy (non-hydrogen) atoms. The molecule has 0 aromatic heterocycles. The van der Waals surface area contributed by atoms with Crippen molar-refractivity contribution in [1.82, 2.24) is 5.32 Å². The van der Waals surface area contributed by atoms with Crippen LogP contribution in [0.5, 0.6) is 0 Å². The minimum absolute atomic E-state index is 0.0408. The second-order valence-electron chi connectivity index (χ2n) is 5.52. The molecule has 8 heteroatoms. The predicted molar refractivity (Wildman–Crippen MR) is 92.0 cm³/mol. The van der Waals surface area contributed by atoms with E-state index >= 15 is 0 Å². The van der Waals surface area contributed by atoms with Gasteiger partial charge in [-0.2, -0.15) is 0 Å². The fourth-order valence-corrected chi connectivity index (χ4v) is 3.40. The molecular weight excluding hydrogens is 364 g/mol. The number of carboxylic acid groups (broad SMARTS) is 1. The Morgan fingerprint density at radius 2 is 1.81 bits per heavy atom. The summed E-state index contributed by atoms with van der Waals surface area (Å²) in [4.78, 5) is 23.8. The standard InChI is InChI=1S/C18H17F2NO4S/c19-13-7-6-12(15(20)11-13)10-17(22)21-16(18(23)24)8-9-26(25)14-4-2-1-3-5-14/h1-7,11,16H,8-10H2,(H,21,22)(H,23,24)/t16-,26+/m0/s1. The van der Waals surface area contributed by atoms with Gasteiger partial charge in [0.15, 0.2) is 0 Å². The van der Waals surface area contributed by atoms with E-state index in [1.807, 2.05) is 0 Å². The van der Waals surface area contributed by atoms with Crippen LogP contribution in [0.2, 0.25) is 0 Å². The van der Waals surface area contributed by atoms with Crippen LogP contribution in [0.1, 0.15) is 12.0 Å². The summed E-state index contributed by atoms with van der Waals surface area (Å²) in [6.45, 7) is 0. The molecule has 138 valence electrons. The van der Waals surface area contributed by atoms with Crippen LogP contribution in [0, 0.1) is 11.6 Å². The molecule has 0 aliphatic carbocycles. The Morgan fingerprint density at radius 3 is 2.42 bits per heavy atom. The minimum Gasteiger partial charge on any atom is -0.480 e. The van der Waals surface area contributed by atoms with Crippen molar-refractivity contribution in [3.8, 4) is 0 Å². The summed E-state index contributed by atoms with van der Waals surface area (Å²) < 4.78 is 38.6. The van der Waals surface area contributed by atoms with Crippen molar-refractivity contribution in [3.05, 3.63) is 65.7 Å². The van der Waals surface area contributed by atoms with Gasteiger partial charge in [-0.15, -0.1) is 0 Å². The van der Waals surface area contributed by atoms with E-state index < -0.39 is 46.8 Å². The highest BCUT2D eigenvalue weighted by atomic mass is 32.2. The Hall–Kier alpha value is -2.61. The number of rotatable bonds is 8. The number of halogens is 2. The molecule has 2 atom stereocenters. The highest BCUT2D eigenvalue weighted by molar-refractivity contribution is 7.85. The third kappa shape index (κ3) is 5.73. The third-order valence-electron chi connectivity index (χ3n) is 3.60. The molecule has 0 aliphatic rings. The highest BCUT2D eigenvalue weighted by Crippen LogP contribution is 2.11. The van der Waals surface area contributed by atoms with Crippen LogP contribution in [0.15, 0.2) is 53.4 Å². The predicted octanol–water partition coefficient (Wildman–Crippen LogP) is 2.27. The molecule has 2 N–H and O–H groups in total. The maximum absolute atomic E-state index is 13.6. The number of nitrogens with one attached hydrogen (secondary N) is 1. The molecule has 0 aliphatic heterocycles. The molecule has 5 nitrogen and oxygen atoms in total. The largest absolute Gasteiger partial charge is 0.480 e. The molecule has 0 bridgehead atoms. The van der Waals surface area contributed by atoms with E-state index in [9.17, 15) is 27.7 Å².